The highest BCUT2D eigenvalue weighted by molar-refractivity contribution is 5.93. The van der Waals surface area contributed by atoms with Crippen molar-refractivity contribution < 1.29 is 9.53 Å². The van der Waals surface area contributed by atoms with Crippen LogP contribution in [0.2, 0.25) is 0 Å². The summed E-state index contributed by atoms with van der Waals surface area (Å²) in [7, 11) is 0. The van der Waals surface area contributed by atoms with Crippen molar-refractivity contribution in [3.05, 3.63) is 23.8 Å². The smallest absolute Gasteiger partial charge is 0.238 e. The number of carbonyl (C=O) groups is 1. The standard InChI is InChI=1S/C14H21N3O2/c1-10-9-19-7-6-17(10)8-14(18)16-13-5-3-4-12(15)11(13)2/h3-5,10H,6-9,15H2,1-2H3,(H,16,18). The average molecular weight is 263 g/mol. The van der Waals surface area contributed by atoms with Crippen molar-refractivity contribution in [2.75, 3.05) is 37.4 Å². The predicted octanol–water partition coefficient (Wildman–Crippen LogP) is 1.24. The summed E-state index contributed by atoms with van der Waals surface area (Å²) in [6.07, 6.45) is 0. The Hall–Kier alpha value is -1.59. The van der Waals surface area contributed by atoms with Gasteiger partial charge in [-0.2, -0.15) is 0 Å². The van der Waals surface area contributed by atoms with E-state index in [9.17, 15) is 4.79 Å². The molecule has 1 aliphatic rings. The van der Waals surface area contributed by atoms with Crippen LogP contribution in [0.25, 0.3) is 0 Å². The second kappa shape index (κ2) is 6.04. The third-order valence-corrected chi connectivity index (χ3v) is 3.50. The van der Waals surface area contributed by atoms with E-state index in [0.29, 0.717) is 25.4 Å². The molecule has 104 valence electrons. The first-order valence-corrected chi connectivity index (χ1v) is 6.54. The fourth-order valence-corrected chi connectivity index (χ4v) is 2.16. The maximum atomic E-state index is 12.1. The normalized spacial score (nSPS) is 20.2. The summed E-state index contributed by atoms with van der Waals surface area (Å²) in [5.74, 6) is -0.0116. The van der Waals surface area contributed by atoms with Crippen LogP contribution >= 0.6 is 0 Å². The molecule has 0 spiro atoms. The molecule has 1 aliphatic heterocycles. The number of benzene rings is 1. The molecule has 1 atom stereocenters. The van der Waals surface area contributed by atoms with Crippen molar-refractivity contribution in [3.8, 4) is 0 Å². The third-order valence-electron chi connectivity index (χ3n) is 3.50. The zero-order valence-electron chi connectivity index (χ0n) is 11.5. The van der Waals surface area contributed by atoms with Crippen LogP contribution in [0, 0.1) is 6.92 Å². The Morgan fingerprint density at radius 2 is 2.37 bits per heavy atom. The Labute approximate surface area is 113 Å². The summed E-state index contributed by atoms with van der Waals surface area (Å²) < 4.78 is 5.36. The van der Waals surface area contributed by atoms with Crippen LogP contribution < -0.4 is 11.1 Å². The number of carbonyl (C=O) groups excluding carboxylic acids is 1. The lowest BCUT2D eigenvalue weighted by Crippen LogP contribution is -2.47. The van der Waals surface area contributed by atoms with Gasteiger partial charge in [0, 0.05) is 24.0 Å². The number of nitrogens with one attached hydrogen (secondary N) is 1. The number of hydrogen-bond donors (Lipinski definition) is 2. The fraction of sp³-hybridized carbons (Fsp3) is 0.500. The summed E-state index contributed by atoms with van der Waals surface area (Å²) in [6, 6.07) is 5.82. The number of nitrogen functional groups attached to an aromatic ring is 1. The first-order chi connectivity index (χ1) is 9.08. The molecule has 1 heterocycles. The molecule has 1 aromatic rings. The highest BCUT2D eigenvalue weighted by atomic mass is 16.5. The Kier molecular flexibility index (Phi) is 4.39. The third kappa shape index (κ3) is 3.45. The Morgan fingerprint density at radius 3 is 3.11 bits per heavy atom. The van der Waals surface area contributed by atoms with Gasteiger partial charge >= 0.3 is 0 Å². The van der Waals surface area contributed by atoms with Gasteiger partial charge in [-0.25, -0.2) is 0 Å². The molecule has 3 N–H and O–H groups in total. The Morgan fingerprint density at radius 1 is 1.58 bits per heavy atom. The Bertz CT molecular complexity index is 462. The van der Waals surface area contributed by atoms with Crippen LogP contribution in [-0.4, -0.2) is 43.2 Å². The number of nitrogens with zero attached hydrogens (tertiary/aromatic N) is 1. The van der Waals surface area contributed by atoms with Crippen molar-refractivity contribution in [1.82, 2.24) is 4.90 Å². The first-order valence-electron chi connectivity index (χ1n) is 6.54. The number of morpholine rings is 1. The van der Waals surface area contributed by atoms with Gasteiger partial charge in [0.2, 0.25) is 5.91 Å². The minimum absolute atomic E-state index is 0.0116. The van der Waals surface area contributed by atoms with E-state index in [-0.39, 0.29) is 11.9 Å². The lowest BCUT2D eigenvalue weighted by Gasteiger charge is -2.32. The minimum atomic E-state index is -0.0116. The van der Waals surface area contributed by atoms with Gasteiger partial charge in [-0.15, -0.1) is 0 Å². The minimum Gasteiger partial charge on any atom is -0.398 e. The molecule has 0 aliphatic carbocycles. The largest absolute Gasteiger partial charge is 0.398 e. The fourth-order valence-electron chi connectivity index (χ4n) is 2.16. The van der Waals surface area contributed by atoms with Crippen LogP contribution in [0.15, 0.2) is 18.2 Å². The summed E-state index contributed by atoms with van der Waals surface area (Å²) in [6.45, 7) is 6.53. The highest BCUT2D eigenvalue weighted by Crippen LogP contribution is 2.20. The van der Waals surface area contributed by atoms with E-state index in [2.05, 4.69) is 17.1 Å². The van der Waals surface area contributed by atoms with E-state index in [1.807, 2.05) is 25.1 Å². The molecule has 0 radical (unpaired) electrons. The number of nitrogens with two attached hydrogens (primary N) is 1. The van der Waals surface area contributed by atoms with Gasteiger partial charge in [0.25, 0.3) is 0 Å². The topological polar surface area (TPSA) is 67.6 Å². The van der Waals surface area contributed by atoms with Gasteiger partial charge in [0.15, 0.2) is 0 Å². The molecule has 0 saturated carbocycles. The maximum absolute atomic E-state index is 12.1. The molecular formula is C14H21N3O2. The number of anilines is 2. The van der Waals surface area contributed by atoms with Crippen molar-refractivity contribution >= 4 is 17.3 Å². The molecule has 5 nitrogen and oxygen atoms in total. The predicted molar refractivity (Wildman–Crippen MR) is 76.1 cm³/mol. The van der Waals surface area contributed by atoms with Crippen LogP contribution in [0.1, 0.15) is 12.5 Å². The van der Waals surface area contributed by atoms with E-state index >= 15 is 0 Å². The monoisotopic (exact) mass is 263 g/mol. The summed E-state index contributed by atoms with van der Waals surface area (Å²) >= 11 is 0. The summed E-state index contributed by atoms with van der Waals surface area (Å²) in [4.78, 5) is 14.2. The zero-order chi connectivity index (χ0) is 13.8. The lowest BCUT2D eigenvalue weighted by molar-refractivity contribution is -0.119. The number of amides is 1. The summed E-state index contributed by atoms with van der Waals surface area (Å²) in [5.41, 5.74) is 8.21. The molecule has 19 heavy (non-hydrogen) atoms. The van der Waals surface area contributed by atoms with Gasteiger partial charge in [-0.1, -0.05) is 6.07 Å². The van der Waals surface area contributed by atoms with Crippen LogP contribution in [0.3, 0.4) is 0 Å². The quantitative estimate of drug-likeness (QED) is 0.805. The zero-order valence-corrected chi connectivity index (χ0v) is 11.5. The second-order valence-corrected chi connectivity index (χ2v) is 4.96. The second-order valence-electron chi connectivity index (χ2n) is 4.96. The van der Waals surface area contributed by atoms with E-state index in [1.54, 1.807) is 0 Å². The average Bonchev–Trinajstić information content (AvgIpc) is 2.38. The van der Waals surface area contributed by atoms with E-state index in [1.165, 1.54) is 0 Å². The molecule has 1 aromatic carbocycles. The van der Waals surface area contributed by atoms with E-state index in [4.69, 9.17) is 10.5 Å². The molecule has 0 aromatic heterocycles. The molecule has 2 rings (SSSR count). The van der Waals surface area contributed by atoms with Crippen molar-refractivity contribution in [3.63, 3.8) is 0 Å². The van der Waals surface area contributed by atoms with Crippen molar-refractivity contribution in [2.24, 2.45) is 0 Å². The molecule has 1 saturated heterocycles. The van der Waals surface area contributed by atoms with E-state index < -0.39 is 0 Å². The van der Waals surface area contributed by atoms with Gasteiger partial charge < -0.3 is 15.8 Å². The highest BCUT2D eigenvalue weighted by Gasteiger charge is 2.21. The molecule has 1 fully saturated rings. The molecule has 0 bridgehead atoms. The number of rotatable bonds is 3. The van der Waals surface area contributed by atoms with Crippen LogP contribution in [0.5, 0.6) is 0 Å². The SMILES string of the molecule is Cc1c(N)cccc1NC(=O)CN1CCOCC1C. The number of ether oxygens (including phenoxy) is 1. The maximum Gasteiger partial charge on any atom is 0.238 e. The van der Waals surface area contributed by atoms with Crippen LogP contribution in [0.4, 0.5) is 11.4 Å². The van der Waals surface area contributed by atoms with Gasteiger partial charge in [-0.05, 0) is 31.5 Å². The van der Waals surface area contributed by atoms with Crippen LogP contribution in [-0.2, 0) is 9.53 Å². The number of hydrogen-bond acceptors (Lipinski definition) is 4. The van der Waals surface area contributed by atoms with Gasteiger partial charge in [0.1, 0.15) is 0 Å². The van der Waals surface area contributed by atoms with Gasteiger partial charge in [-0.3, -0.25) is 9.69 Å². The van der Waals surface area contributed by atoms with Crippen molar-refractivity contribution in [1.29, 1.82) is 0 Å². The Balaban J connectivity index is 1.95. The van der Waals surface area contributed by atoms with Crippen molar-refractivity contribution in [2.45, 2.75) is 19.9 Å². The molecule has 5 heteroatoms. The van der Waals surface area contributed by atoms with E-state index in [0.717, 1.165) is 17.8 Å². The molecular weight excluding hydrogens is 242 g/mol. The first kappa shape index (κ1) is 13.8. The molecule has 1 amide bonds. The molecule has 1 unspecified atom stereocenters. The lowest BCUT2D eigenvalue weighted by atomic mass is 10.1. The summed E-state index contributed by atoms with van der Waals surface area (Å²) in [5, 5.41) is 2.92. The van der Waals surface area contributed by atoms with Gasteiger partial charge in [0.05, 0.1) is 19.8 Å².